The van der Waals surface area contributed by atoms with Crippen LogP contribution >= 0.6 is 0 Å². The maximum atomic E-state index is 12.9. The standard InChI is InChI=1S/C21H25N3O2.C6H12/c22-12-20(15-6-2-1-3-7-15)26-19-10-4-9-17-18(19)14-24(21(17)25)16-8-5-11-23-13-16;1-2-6-4-3-5-6/h1-4,6-7,9-10,16,20,23H,5,8,11-14,22H2;6H,2-5H2,1H3. The van der Waals surface area contributed by atoms with E-state index in [1.807, 2.05) is 53.4 Å². The van der Waals surface area contributed by atoms with Gasteiger partial charge in [0, 0.05) is 30.3 Å². The molecule has 5 nitrogen and oxygen atoms in total. The Balaban J connectivity index is 0.000000354. The van der Waals surface area contributed by atoms with E-state index >= 15 is 0 Å². The van der Waals surface area contributed by atoms with Crippen LogP contribution in [-0.2, 0) is 6.54 Å². The largest absolute Gasteiger partial charge is 0.484 e. The number of hydrogen-bond acceptors (Lipinski definition) is 4. The normalized spacial score (nSPS) is 21.2. The molecule has 2 aromatic rings. The Morgan fingerprint density at radius 1 is 1.09 bits per heavy atom. The first-order valence-electron chi connectivity index (χ1n) is 12.3. The van der Waals surface area contributed by atoms with Crippen LogP contribution in [0.3, 0.4) is 0 Å². The third-order valence-electron chi connectivity index (χ3n) is 7.12. The number of piperidine rings is 1. The Hall–Kier alpha value is -2.37. The molecule has 2 fully saturated rings. The summed E-state index contributed by atoms with van der Waals surface area (Å²) in [7, 11) is 0. The summed E-state index contributed by atoms with van der Waals surface area (Å²) in [6, 6.07) is 16.0. The number of nitrogens with zero attached hydrogens (tertiary/aromatic N) is 1. The smallest absolute Gasteiger partial charge is 0.254 e. The molecule has 0 aromatic heterocycles. The fourth-order valence-electron chi connectivity index (χ4n) is 4.80. The maximum Gasteiger partial charge on any atom is 0.254 e. The number of nitrogens with one attached hydrogen (secondary N) is 1. The van der Waals surface area contributed by atoms with Gasteiger partial charge in [-0.2, -0.15) is 0 Å². The summed E-state index contributed by atoms with van der Waals surface area (Å²) in [5.41, 5.74) is 8.75. The van der Waals surface area contributed by atoms with Crippen LogP contribution in [0.1, 0.15) is 73.0 Å². The van der Waals surface area contributed by atoms with Crippen molar-refractivity contribution in [3.8, 4) is 5.75 Å². The number of nitrogens with two attached hydrogens (primary N) is 1. The quantitative estimate of drug-likeness (QED) is 0.692. The molecule has 1 aliphatic carbocycles. The van der Waals surface area contributed by atoms with Crippen LogP contribution in [0.5, 0.6) is 5.75 Å². The van der Waals surface area contributed by atoms with Gasteiger partial charge in [0.1, 0.15) is 11.9 Å². The van der Waals surface area contributed by atoms with Crippen LogP contribution in [0, 0.1) is 5.92 Å². The van der Waals surface area contributed by atoms with Crippen LogP contribution in [0.25, 0.3) is 0 Å². The summed E-state index contributed by atoms with van der Waals surface area (Å²) >= 11 is 0. The van der Waals surface area contributed by atoms with E-state index in [1.54, 1.807) is 0 Å². The molecule has 0 spiro atoms. The molecular weight excluding hydrogens is 398 g/mol. The highest BCUT2D eigenvalue weighted by atomic mass is 16.5. The van der Waals surface area contributed by atoms with Gasteiger partial charge in [0.15, 0.2) is 0 Å². The van der Waals surface area contributed by atoms with Crippen molar-refractivity contribution in [2.75, 3.05) is 19.6 Å². The van der Waals surface area contributed by atoms with Gasteiger partial charge in [0.25, 0.3) is 5.91 Å². The summed E-state index contributed by atoms with van der Waals surface area (Å²) in [6.07, 6.45) is 7.88. The number of amides is 1. The van der Waals surface area contributed by atoms with Crippen molar-refractivity contribution >= 4 is 5.91 Å². The lowest BCUT2D eigenvalue weighted by Crippen LogP contribution is -2.46. The molecule has 32 heavy (non-hydrogen) atoms. The van der Waals surface area contributed by atoms with Gasteiger partial charge in [-0.3, -0.25) is 4.79 Å². The van der Waals surface area contributed by atoms with Crippen molar-refractivity contribution in [2.24, 2.45) is 11.7 Å². The van der Waals surface area contributed by atoms with Crippen LogP contribution in [0.4, 0.5) is 0 Å². The zero-order valence-corrected chi connectivity index (χ0v) is 19.3. The lowest BCUT2D eigenvalue weighted by Gasteiger charge is -2.31. The van der Waals surface area contributed by atoms with E-state index in [0.717, 1.165) is 54.3 Å². The van der Waals surface area contributed by atoms with Crippen molar-refractivity contribution < 1.29 is 9.53 Å². The van der Waals surface area contributed by atoms with E-state index < -0.39 is 0 Å². The van der Waals surface area contributed by atoms with E-state index in [0.29, 0.717) is 13.1 Å². The minimum Gasteiger partial charge on any atom is -0.484 e. The lowest BCUT2D eigenvalue weighted by molar-refractivity contribution is 0.0674. The molecule has 2 unspecified atom stereocenters. The van der Waals surface area contributed by atoms with Crippen LogP contribution in [0.15, 0.2) is 48.5 Å². The minimum absolute atomic E-state index is 0.114. The SMILES string of the molecule is CCC1CCC1.NCC(Oc1cccc2c1CN(C1CCCNC1)C2=O)c1ccccc1. The van der Waals surface area contributed by atoms with Crippen molar-refractivity contribution in [1.82, 2.24) is 10.2 Å². The van der Waals surface area contributed by atoms with E-state index in [4.69, 9.17) is 10.5 Å². The van der Waals surface area contributed by atoms with Gasteiger partial charge in [0.2, 0.25) is 0 Å². The molecular formula is C27H37N3O2. The summed E-state index contributed by atoms with van der Waals surface area (Å²) < 4.78 is 6.26. The first kappa shape index (κ1) is 22.8. The van der Waals surface area contributed by atoms with Gasteiger partial charge in [-0.25, -0.2) is 0 Å². The van der Waals surface area contributed by atoms with Gasteiger partial charge in [-0.15, -0.1) is 0 Å². The Morgan fingerprint density at radius 3 is 2.50 bits per heavy atom. The molecule has 2 aromatic carbocycles. The highest BCUT2D eigenvalue weighted by Crippen LogP contribution is 2.35. The van der Waals surface area contributed by atoms with Crippen molar-refractivity contribution in [3.63, 3.8) is 0 Å². The average molecular weight is 436 g/mol. The fraction of sp³-hybridized carbons (Fsp3) is 0.519. The Labute approximate surface area is 192 Å². The van der Waals surface area contributed by atoms with Crippen LogP contribution in [0.2, 0.25) is 0 Å². The first-order chi connectivity index (χ1) is 15.7. The molecule has 0 radical (unpaired) electrons. The Kier molecular flexibility index (Phi) is 7.82. The van der Waals surface area contributed by atoms with Gasteiger partial charge in [-0.05, 0) is 43.0 Å². The molecule has 1 saturated carbocycles. The molecule has 0 bridgehead atoms. The molecule has 2 atom stereocenters. The predicted octanol–water partition coefficient (Wildman–Crippen LogP) is 4.67. The predicted molar refractivity (Wildman–Crippen MR) is 129 cm³/mol. The van der Waals surface area contributed by atoms with E-state index in [2.05, 4.69) is 12.2 Å². The number of hydrogen-bond donors (Lipinski definition) is 2. The number of benzene rings is 2. The minimum atomic E-state index is -0.219. The molecule has 2 aliphatic heterocycles. The van der Waals surface area contributed by atoms with Crippen molar-refractivity contribution in [3.05, 3.63) is 65.2 Å². The molecule has 3 N–H and O–H groups in total. The van der Waals surface area contributed by atoms with Gasteiger partial charge >= 0.3 is 0 Å². The topological polar surface area (TPSA) is 67.6 Å². The summed E-state index contributed by atoms with van der Waals surface area (Å²) in [4.78, 5) is 14.9. The second kappa shape index (κ2) is 11.0. The van der Waals surface area contributed by atoms with Gasteiger partial charge in [-0.1, -0.05) is 69.0 Å². The van der Waals surface area contributed by atoms with E-state index in [1.165, 1.54) is 25.7 Å². The molecule has 5 rings (SSSR count). The lowest BCUT2D eigenvalue weighted by atomic mass is 9.84. The Bertz CT molecular complexity index is 873. The number of ether oxygens (including phenoxy) is 1. The van der Waals surface area contributed by atoms with Crippen molar-refractivity contribution in [1.29, 1.82) is 0 Å². The zero-order valence-electron chi connectivity index (χ0n) is 19.3. The average Bonchev–Trinajstić information content (AvgIpc) is 3.16. The second-order valence-electron chi connectivity index (χ2n) is 9.17. The third kappa shape index (κ3) is 5.16. The number of carbonyl (C=O) groups excluding carboxylic acids is 1. The molecule has 1 saturated heterocycles. The second-order valence-corrected chi connectivity index (χ2v) is 9.17. The summed E-state index contributed by atoms with van der Waals surface area (Å²) in [5.74, 6) is 1.99. The molecule has 3 aliphatic rings. The Morgan fingerprint density at radius 2 is 1.91 bits per heavy atom. The maximum absolute atomic E-state index is 12.9. The van der Waals surface area contributed by atoms with E-state index in [9.17, 15) is 4.79 Å². The van der Waals surface area contributed by atoms with Crippen molar-refractivity contribution in [2.45, 2.75) is 64.1 Å². The fourth-order valence-corrected chi connectivity index (χ4v) is 4.80. The highest BCUT2D eigenvalue weighted by molar-refractivity contribution is 5.99. The monoisotopic (exact) mass is 435 g/mol. The first-order valence-corrected chi connectivity index (χ1v) is 12.3. The van der Waals surface area contributed by atoms with Gasteiger partial charge < -0.3 is 20.7 Å². The number of carbonyl (C=O) groups is 1. The van der Waals surface area contributed by atoms with Crippen LogP contribution < -0.4 is 15.8 Å². The highest BCUT2D eigenvalue weighted by Gasteiger charge is 2.35. The number of rotatable bonds is 6. The summed E-state index contributed by atoms with van der Waals surface area (Å²) in [5, 5.41) is 3.39. The third-order valence-corrected chi connectivity index (χ3v) is 7.12. The molecule has 172 valence electrons. The van der Waals surface area contributed by atoms with Crippen LogP contribution in [-0.4, -0.2) is 36.5 Å². The summed E-state index contributed by atoms with van der Waals surface area (Å²) in [6.45, 7) is 5.19. The zero-order chi connectivity index (χ0) is 22.3. The van der Waals surface area contributed by atoms with Gasteiger partial charge in [0.05, 0.1) is 6.54 Å². The molecule has 5 heteroatoms. The molecule has 2 heterocycles. The molecule has 1 amide bonds. The number of fused-ring (bicyclic) bond motifs is 1. The van der Waals surface area contributed by atoms with E-state index in [-0.39, 0.29) is 18.1 Å².